The minimum atomic E-state index is -0.792. The maximum Gasteiger partial charge on any atom is 0.0908 e. The third-order valence-corrected chi connectivity index (χ3v) is 5.48. The van der Waals surface area contributed by atoms with E-state index < -0.39 is 5.60 Å². The molecule has 0 spiro atoms. The van der Waals surface area contributed by atoms with Crippen LogP contribution in [0.4, 0.5) is 5.69 Å². The van der Waals surface area contributed by atoms with Gasteiger partial charge in [-0.25, -0.2) is 0 Å². The summed E-state index contributed by atoms with van der Waals surface area (Å²) in [5, 5.41) is 11.4. The average molecular weight is 328 g/mol. The molecule has 1 aromatic rings. The van der Waals surface area contributed by atoms with E-state index in [1.165, 1.54) is 24.9 Å². The summed E-state index contributed by atoms with van der Waals surface area (Å²) >= 11 is 0. The van der Waals surface area contributed by atoms with E-state index in [1.54, 1.807) is 0 Å². The first-order chi connectivity index (χ1) is 11.5. The number of anilines is 1. The zero-order valence-electron chi connectivity index (χ0n) is 15.9. The standard InChI is InChI=1S/C22H33NO/c1-5-8-12-18-17-20(23(6-2)7-3)15-16-21(18)22(4,24)19-13-10-9-11-14-19/h15-17,19,24H,5-7,9-11,13-14H2,1-4H3. The fraction of sp³-hybridized carbons (Fsp3) is 0.636. The van der Waals surface area contributed by atoms with E-state index >= 15 is 0 Å². The second-order valence-electron chi connectivity index (χ2n) is 7.04. The molecule has 0 aliphatic heterocycles. The van der Waals surface area contributed by atoms with E-state index in [9.17, 15) is 5.11 Å². The fourth-order valence-corrected chi connectivity index (χ4v) is 3.93. The van der Waals surface area contributed by atoms with E-state index in [0.29, 0.717) is 5.92 Å². The van der Waals surface area contributed by atoms with Gasteiger partial charge in [-0.3, -0.25) is 0 Å². The molecule has 1 N–H and O–H groups in total. The Bertz CT molecular complexity index is 584. The van der Waals surface area contributed by atoms with Gasteiger partial charge < -0.3 is 10.0 Å². The summed E-state index contributed by atoms with van der Waals surface area (Å²) in [7, 11) is 0. The van der Waals surface area contributed by atoms with Crippen LogP contribution in [0.15, 0.2) is 18.2 Å². The Morgan fingerprint density at radius 3 is 2.38 bits per heavy atom. The van der Waals surface area contributed by atoms with Crippen LogP contribution < -0.4 is 4.90 Å². The molecule has 2 nitrogen and oxygen atoms in total. The molecule has 0 amide bonds. The van der Waals surface area contributed by atoms with Crippen LogP contribution in [-0.4, -0.2) is 18.2 Å². The molecule has 132 valence electrons. The van der Waals surface area contributed by atoms with Crippen molar-refractivity contribution in [3.05, 3.63) is 29.3 Å². The smallest absolute Gasteiger partial charge is 0.0908 e. The molecule has 1 fully saturated rings. The predicted molar refractivity (Wildman–Crippen MR) is 103 cm³/mol. The molecule has 1 atom stereocenters. The lowest BCUT2D eigenvalue weighted by Crippen LogP contribution is -2.34. The molecule has 2 rings (SSSR count). The molecule has 1 saturated carbocycles. The number of rotatable bonds is 5. The van der Waals surface area contributed by atoms with Crippen LogP contribution in [0.5, 0.6) is 0 Å². The number of hydrogen-bond acceptors (Lipinski definition) is 2. The molecule has 0 aromatic heterocycles. The number of hydrogen-bond donors (Lipinski definition) is 1. The van der Waals surface area contributed by atoms with Crippen LogP contribution in [0.2, 0.25) is 0 Å². The highest BCUT2D eigenvalue weighted by Gasteiger charge is 2.36. The molecular weight excluding hydrogens is 294 g/mol. The highest BCUT2D eigenvalue weighted by Crippen LogP contribution is 2.40. The molecule has 1 aliphatic carbocycles. The minimum Gasteiger partial charge on any atom is -0.385 e. The fourth-order valence-electron chi connectivity index (χ4n) is 3.93. The lowest BCUT2D eigenvalue weighted by atomic mass is 9.73. The van der Waals surface area contributed by atoms with Gasteiger partial charge in [0.2, 0.25) is 0 Å². The lowest BCUT2D eigenvalue weighted by Gasteiger charge is -2.37. The molecule has 0 heterocycles. The third kappa shape index (κ3) is 4.14. The topological polar surface area (TPSA) is 23.5 Å². The van der Waals surface area contributed by atoms with Crippen molar-refractivity contribution in [1.82, 2.24) is 0 Å². The Balaban J connectivity index is 2.43. The van der Waals surface area contributed by atoms with Crippen molar-refractivity contribution < 1.29 is 5.11 Å². The lowest BCUT2D eigenvalue weighted by molar-refractivity contribution is -0.0216. The maximum absolute atomic E-state index is 11.4. The summed E-state index contributed by atoms with van der Waals surface area (Å²) in [4.78, 5) is 2.33. The van der Waals surface area contributed by atoms with Gasteiger partial charge in [0.15, 0.2) is 0 Å². The summed E-state index contributed by atoms with van der Waals surface area (Å²) in [5.41, 5.74) is 2.41. The van der Waals surface area contributed by atoms with Gasteiger partial charge in [0.25, 0.3) is 0 Å². The van der Waals surface area contributed by atoms with Gasteiger partial charge in [-0.1, -0.05) is 44.1 Å². The van der Waals surface area contributed by atoms with E-state index in [2.05, 4.69) is 55.7 Å². The maximum atomic E-state index is 11.4. The molecule has 1 aromatic carbocycles. The number of benzene rings is 1. The van der Waals surface area contributed by atoms with Crippen molar-refractivity contribution in [3.8, 4) is 11.8 Å². The van der Waals surface area contributed by atoms with Crippen molar-refractivity contribution in [3.63, 3.8) is 0 Å². The molecule has 0 bridgehead atoms. The molecule has 0 radical (unpaired) electrons. The number of aliphatic hydroxyl groups is 1. The Labute approximate surface area is 148 Å². The normalized spacial score (nSPS) is 17.7. The first-order valence-electron chi connectivity index (χ1n) is 9.65. The largest absolute Gasteiger partial charge is 0.385 e. The van der Waals surface area contributed by atoms with Crippen LogP contribution >= 0.6 is 0 Å². The second kappa shape index (κ2) is 8.58. The van der Waals surface area contributed by atoms with Crippen molar-refractivity contribution >= 4 is 5.69 Å². The second-order valence-corrected chi connectivity index (χ2v) is 7.04. The molecule has 24 heavy (non-hydrogen) atoms. The van der Waals surface area contributed by atoms with Gasteiger partial charge in [-0.05, 0) is 57.2 Å². The van der Waals surface area contributed by atoms with E-state index in [-0.39, 0.29) is 0 Å². The zero-order valence-corrected chi connectivity index (χ0v) is 15.9. The monoisotopic (exact) mass is 327 g/mol. The first-order valence-corrected chi connectivity index (χ1v) is 9.65. The average Bonchev–Trinajstić information content (AvgIpc) is 2.61. The summed E-state index contributed by atoms with van der Waals surface area (Å²) in [6, 6.07) is 6.43. The van der Waals surface area contributed by atoms with Crippen LogP contribution in [0, 0.1) is 17.8 Å². The molecular formula is C22H33NO. The van der Waals surface area contributed by atoms with Gasteiger partial charge in [0.05, 0.1) is 5.60 Å². The number of nitrogens with zero attached hydrogens (tertiary/aromatic N) is 1. The van der Waals surface area contributed by atoms with Crippen LogP contribution in [0.25, 0.3) is 0 Å². The summed E-state index contributed by atoms with van der Waals surface area (Å²) in [5.74, 6) is 6.86. The third-order valence-electron chi connectivity index (χ3n) is 5.48. The van der Waals surface area contributed by atoms with Crippen LogP contribution in [0.3, 0.4) is 0 Å². The quantitative estimate of drug-likeness (QED) is 0.762. The first kappa shape index (κ1) is 18.9. The van der Waals surface area contributed by atoms with Crippen molar-refractivity contribution in [2.24, 2.45) is 5.92 Å². The van der Waals surface area contributed by atoms with Crippen molar-refractivity contribution in [1.29, 1.82) is 0 Å². The van der Waals surface area contributed by atoms with E-state index in [1.807, 2.05) is 6.92 Å². The van der Waals surface area contributed by atoms with Crippen molar-refractivity contribution in [2.45, 2.75) is 71.8 Å². The van der Waals surface area contributed by atoms with E-state index in [4.69, 9.17) is 0 Å². The Morgan fingerprint density at radius 1 is 1.12 bits per heavy atom. The van der Waals surface area contributed by atoms with Gasteiger partial charge in [0, 0.05) is 30.8 Å². The van der Waals surface area contributed by atoms with Crippen LogP contribution in [0.1, 0.15) is 77.3 Å². The summed E-state index contributed by atoms with van der Waals surface area (Å²) in [6.45, 7) is 10.4. The molecule has 0 saturated heterocycles. The van der Waals surface area contributed by atoms with Gasteiger partial charge in [0.1, 0.15) is 0 Å². The Kier molecular flexibility index (Phi) is 6.75. The highest BCUT2D eigenvalue weighted by atomic mass is 16.3. The molecule has 1 unspecified atom stereocenters. The molecule has 2 heteroatoms. The van der Waals surface area contributed by atoms with Gasteiger partial charge >= 0.3 is 0 Å². The Morgan fingerprint density at radius 2 is 1.79 bits per heavy atom. The predicted octanol–water partition coefficient (Wildman–Crippen LogP) is 5.08. The SMILES string of the molecule is CCC#Cc1cc(N(CC)CC)ccc1C(C)(O)C1CCCCC1. The Hall–Kier alpha value is -1.46. The minimum absolute atomic E-state index is 0.340. The highest BCUT2D eigenvalue weighted by molar-refractivity contribution is 5.57. The summed E-state index contributed by atoms with van der Waals surface area (Å²) < 4.78 is 0. The molecule has 1 aliphatic rings. The summed E-state index contributed by atoms with van der Waals surface area (Å²) in [6.07, 6.45) is 6.83. The van der Waals surface area contributed by atoms with E-state index in [0.717, 1.165) is 43.5 Å². The van der Waals surface area contributed by atoms with Crippen molar-refractivity contribution in [2.75, 3.05) is 18.0 Å². The zero-order chi connectivity index (χ0) is 17.6. The van der Waals surface area contributed by atoms with Gasteiger partial charge in [-0.15, -0.1) is 0 Å². The van der Waals surface area contributed by atoms with Crippen LogP contribution in [-0.2, 0) is 5.60 Å². The van der Waals surface area contributed by atoms with Gasteiger partial charge in [-0.2, -0.15) is 0 Å².